The van der Waals surface area contributed by atoms with E-state index in [-0.39, 0.29) is 5.41 Å². The summed E-state index contributed by atoms with van der Waals surface area (Å²) >= 11 is 0. The summed E-state index contributed by atoms with van der Waals surface area (Å²) < 4.78 is 6.31. The molecule has 0 bridgehead atoms. The molecule has 1 nitrogen and oxygen atoms in total. The van der Waals surface area contributed by atoms with Crippen LogP contribution in [-0.2, 0) is 5.41 Å². The van der Waals surface area contributed by atoms with Crippen molar-refractivity contribution < 1.29 is 4.74 Å². The summed E-state index contributed by atoms with van der Waals surface area (Å²) in [5.41, 5.74) is 15.3. The number of para-hydroxylation sites is 1. The van der Waals surface area contributed by atoms with Gasteiger partial charge in [-0.1, -0.05) is 115 Å². The molecule has 0 N–H and O–H groups in total. The van der Waals surface area contributed by atoms with Crippen LogP contribution in [0.4, 0.5) is 0 Å². The van der Waals surface area contributed by atoms with Crippen molar-refractivity contribution >= 4 is 10.8 Å². The van der Waals surface area contributed by atoms with Gasteiger partial charge in [-0.25, -0.2) is 0 Å². The van der Waals surface area contributed by atoms with Crippen LogP contribution in [0.1, 0.15) is 22.3 Å². The molecule has 194 valence electrons. The molecule has 2 aliphatic carbocycles. The zero-order valence-corrected chi connectivity index (χ0v) is 22.8. The Kier molecular flexibility index (Phi) is 4.18. The fraction of sp³-hybridized carbons (Fsp3) is 0.0244. The Morgan fingerprint density at radius 3 is 1.62 bits per heavy atom. The van der Waals surface area contributed by atoms with Gasteiger partial charge in [0, 0.05) is 10.9 Å². The highest BCUT2D eigenvalue weighted by molar-refractivity contribution is 6.06. The molecule has 42 heavy (non-hydrogen) atoms. The highest BCUT2D eigenvalue weighted by Gasteiger charge is 2.51. The van der Waals surface area contributed by atoms with Crippen LogP contribution in [0, 0.1) is 0 Å². The molecule has 0 saturated carbocycles. The number of hydrogen-bond acceptors (Lipinski definition) is 1. The van der Waals surface area contributed by atoms with Crippen molar-refractivity contribution in [2.45, 2.75) is 5.41 Å². The van der Waals surface area contributed by atoms with Crippen LogP contribution >= 0.6 is 0 Å². The second kappa shape index (κ2) is 7.87. The molecule has 7 aromatic rings. The van der Waals surface area contributed by atoms with Crippen LogP contribution in [0.2, 0.25) is 0 Å². The number of rotatable bonds is 1. The molecule has 0 aromatic heterocycles. The van der Waals surface area contributed by atoms with Gasteiger partial charge < -0.3 is 4.74 Å². The van der Waals surface area contributed by atoms with E-state index in [9.17, 15) is 0 Å². The molecule has 0 atom stereocenters. The van der Waals surface area contributed by atoms with E-state index in [1.807, 2.05) is 6.07 Å². The lowest BCUT2D eigenvalue weighted by atomic mass is 9.70. The standard InChI is InChI=1S/C41H24O/c1-5-15-34-28(11-1)29-12-2-6-16-35(29)41(34)36-17-7-3-13-30(36)32-23-25(20-21-37(32)41)27-22-26-10-9-19-39-40(26)33(24-27)31-14-4-8-18-38(31)42-39/h1-24H. The minimum Gasteiger partial charge on any atom is -0.456 e. The second-order valence-corrected chi connectivity index (χ2v) is 11.6. The first-order valence-corrected chi connectivity index (χ1v) is 14.6. The van der Waals surface area contributed by atoms with Gasteiger partial charge in [-0.15, -0.1) is 0 Å². The van der Waals surface area contributed by atoms with Gasteiger partial charge in [0.15, 0.2) is 0 Å². The fourth-order valence-corrected chi connectivity index (χ4v) is 8.03. The molecule has 1 aliphatic heterocycles. The summed E-state index contributed by atoms with van der Waals surface area (Å²) in [6.07, 6.45) is 0. The van der Waals surface area contributed by atoms with Crippen LogP contribution in [-0.4, -0.2) is 0 Å². The molecule has 0 fully saturated rings. The highest BCUT2D eigenvalue weighted by atomic mass is 16.5. The molecule has 1 spiro atoms. The van der Waals surface area contributed by atoms with Gasteiger partial charge in [0.1, 0.15) is 11.5 Å². The zero-order valence-electron chi connectivity index (χ0n) is 22.8. The first-order chi connectivity index (χ1) is 20.8. The van der Waals surface area contributed by atoms with E-state index in [1.165, 1.54) is 72.0 Å². The van der Waals surface area contributed by atoms with Crippen molar-refractivity contribution in [3.05, 3.63) is 168 Å². The lowest BCUT2D eigenvalue weighted by Crippen LogP contribution is -2.25. The van der Waals surface area contributed by atoms with E-state index in [0.29, 0.717) is 0 Å². The summed E-state index contributed by atoms with van der Waals surface area (Å²) in [4.78, 5) is 0. The van der Waals surface area contributed by atoms with Crippen molar-refractivity contribution in [3.63, 3.8) is 0 Å². The van der Waals surface area contributed by atoms with Crippen molar-refractivity contribution in [1.29, 1.82) is 0 Å². The topological polar surface area (TPSA) is 9.23 Å². The minimum atomic E-state index is -0.307. The monoisotopic (exact) mass is 532 g/mol. The molecule has 1 heterocycles. The maximum Gasteiger partial charge on any atom is 0.135 e. The van der Waals surface area contributed by atoms with Crippen LogP contribution in [0.5, 0.6) is 11.5 Å². The second-order valence-electron chi connectivity index (χ2n) is 11.6. The quantitative estimate of drug-likeness (QED) is 0.204. The highest BCUT2D eigenvalue weighted by Crippen LogP contribution is 2.63. The molecular weight excluding hydrogens is 508 g/mol. The largest absolute Gasteiger partial charge is 0.456 e. The zero-order chi connectivity index (χ0) is 27.4. The van der Waals surface area contributed by atoms with Crippen LogP contribution < -0.4 is 4.74 Å². The third-order valence-electron chi connectivity index (χ3n) is 9.67. The number of benzene rings is 7. The molecule has 10 rings (SSSR count). The van der Waals surface area contributed by atoms with Gasteiger partial charge in [0.05, 0.1) is 5.41 Å². The Bertz CT molecular complexity index is 2240. The normalized spacial score (nSPS) is 14.1. The maximum atomic E-state index is 6.31. The van der Waals surface area contributed by atoms with Gasteiger partial charge in [-0.2, -0.15) is 0 Å². The number of hydrogen-bond donors (Lipinski definition) is 0. The van der Waals surface area contributed by atoms with Gasteiger partial charge in [-0.05, 0) is 96.9 Å². The van der Waals surface area contributed by atoms with Gasteiger partial charge in [-0.3, -0.25) is 0 Å². The van der Waals surface area contributed by atoms with E-state index >= 15 is 0 Å². The first-order valence-electron chi connectivity index (χ1n) is 14.6. The predicted octanol–water partition coefficient (Wildman–Crippen LogP) is 10.6. The third-order valence-corrected chi connectivity index (χ3v) is 9.67. The van der Waals surface area contributed by atoms with Gasteiger partial charge >= 0.3 is 0 Å². The third kappa shape index (κ3) is 2.64. The fourth-order valence-electron chi connectivity index (χ4n) is 8.03. The van der Waals surface area contributed by atoms with Crippen molar-refractivity contribution in [2.75, 3.05) is 0 Å². The van der Waals surface area contributed by atoms with Gasteiger partial charge in [0.25, 0.3) is 0 Å². The lowest BCUT2D eigenvalue weighted by molar-refractivity contribution is 0.487. The van der Waals surface area contributed by atoms with Crippen molar-refractivity contribution in [3.8, 4) is 56.0 Å². The summed E-state index contributed by atoms with van der Waals surface area (Å²) in [5, 5.41) is 2.38. The molecule has 1 heteroatoms. The number of ether oxygens (including phenoxy) is 1. The smallest absolute Gasteiger partial charge is 0.135 e. The molecule has 0 amide bonds. The Morgan fingerprint density at radius 1 is 0.357 bits per heavy atom. The predicted molar refractivity (Wildman–Crippen MR) is 171 cm³/mol. The van der Waals surface area contributed by atoms with E-state index in [2.05, 4.69) is 140 Å². The molecular formula is C41H24O. The summed E-state index contributed by atoms with van der Waals surface area (Å²) in [6.45, 7) is 0. The van der Waals surface area contributed by atoms with Crippen molar-refractivity contribution in [2.24, 2.45) is 0 Å². The molecule has 0 radical (unpaired) electrons. The molecule has 0 unspecified atom stereocenters. The summed E-state index contributed by atoms with van der Waals surface area (Å²) in [7, 11) is 0. The Labute approximate surface area is 244 Å². The van der Waals surface area contributed by atoms with Crippen LogP contribution in [0.3, 0.4) is 0 Å². The molecule has 7 aromatic carbocycles. The molecule has 0 saturated heterocycles. The van der Waals surface area contributed by atoms with E-state index in [0.717, 1.165) is 17.1 Å². The Hall–Kier alpha value is -5.40. The van der Waals surface area contributed by atoms with E-state index in [1.54, 1.807) is 0 Å². The summed E-state index contributed by atoms with van der Waals surface area (Å²) in [5.74, 6) is 1.84. The lowest BCUT2D eigenvalue weighted by Gasteiger charge is -2.30. The number of fused-ring (bicyclic) bond motifs is 12. The Balaban J connectivity index is 1.25. The average Bonchev–Trinajstić information content (AvgIpc) is 3.52. The molecule has 3 aliphatic rings. The maximum absolute atomic E-state index is 6.31. The van der Waals surface area contributed by atoms with E-state index in [4.69, 9.17) is 4.74 Å². The van der Waals surface area contributed by atoms with E-state index < -0.39 is 0 Å². The van der Waals surface area contributed by atoms with Crippen molar-refractivity contribution in [1.82, 2.24) is 0 Å². The Morgan fingerprint density at radius 2 is 0.905 bits per heavy atom. The van der Waals surface area contributed by atoms with Crippen LogP contribution in [0.15, 0.2) is 146 Å². The van der Waals surface area contributed by atoms with Crippen LogP contribution in [0.25, 0.3) is 55.3 Å². The SMILES string of the molecule is c1ccc2c(c1)Oc1cccc3cc(-c4ccc5c(c4)-c4ccccc4C54c5ccccc5-c5ccccc54)cc-2c13. The first kappa shape index (κ1) is 22.3. The summed E-state index contributed by atoms with van der Waals surface area (Å²) in [6, 6.07) is 53.5. The average molecular weight is 533 g/mol. The van der Waals surface area contributed by atoms with Gasteiger partial charge in [0.2, 0.25) is 0 Å². The minimum absolute atomic E-state index is 0.307.